The molecule has 0 spiro atoms. The molecule has 0 aromatic rings. The molecule has 0 aromatic carbocycles. The second-order valence-electron chi connectivity index (χ2n) is 7.19. The molecule has 0 atom stereocenters. The van der Waals surface area contributed by atoms with E-state index >= 15 is 0 Å². The lowest BCUT2D eigenvalue weighted by Crippen LogP contribution is -2.55. The van der Waals surface area contributed by atoms with Gasteiger partial charge in [-0.25, -0.2) is 0 Å². The molecule has 0 heterocycles. The third kappa shape index (κ3) is 4.44. The summed E-state index contributed by atoms with van der Waals surface area (Å²) in [4.78, 5) is 2.45. The van der Waals surface area contributed by atoms with Crippen molar-refractivity contribution in [3.63, 3.8) is 0 Å². The van der Waals surface area contributed by atoms with Gasteiger partial charge >= 0.3 is 0 Å². The van der Waals surface area contributed by atoms with Gasteiger partial charge in [0, 0.05) is 25.2 Å². The molecule has 1 aliphatic carbocycles. The molecule has 114 valence electrons. The molecule has 0 amide bonds. The highest BCUT2D eigenvalue weighted by atomic mass is 16.5. The van der Waals surface area contributed by atoms with Crippen LogP contribution in [-0.4, -0.2) is 43.8 Å². The second kappa shape index (κ2) is 7.05. The average Bonchev–Trinajstić information content (AvgIpc) is 2.38. The number of hydrogen-bond donors (Lipinski definition) is 1. The molecule has 0 bridgehead atoms. The molecule has 2 N–H and O–H groups in total. The maximum Gasteiger partial charge on any atom is 0.0593 e. The molecule has 1 fully saturated rings. The molecule has 0 radical (unpaired) electrons. The SMILES string of the molecule is CCOCCN(C)C1(CN)CCC(C(C)(C)C)CC1. The van der Waals surface area contributed by atoms with E-state index in [0.29, 0.717) is 5.41 Å². The molecule has 3 heteroatoms. The lowest BCUT2D eigenvalue weighted by molar-refractivity contribution is 0.0183. The Morgan fingerprint density at radius 1 is 1.26 bits per heavy atom. The number of nitrogens with two attached hydrogens (primary N) is 1. The van der Waals surface area contributed by atoms with Crippen molar-refractivity contribution in [1.82, 2.24) is 4.90 Å². The van der Waals surface area contributed by atoms with Gasteiger partial charge in [0.25, 0.3) is 0 Å². The van der Waals surface area contributed by atoms with E-state index in [2.05, 4.69) is 32.7 Å². The molecule has 1 rings (SSSR count). The minimum atomic E-state index is 0.207. The zero-order valence-electron chi connectivity index (χ0n) is 13.7. The van der Waals surface area contributed by atoms with Crippen LogP contribution in [0.1, 0.15) is 53.4 Å². The van der Waals surface area contributed by atoms with Crippen LogP contribution in [0.4, 0.5) is 0 Å². The zero-order chi connectivity index (χ0) is 14.5. The van der Waals surface area contributed by atoms with Gasteiger partial charge in [-0.05, 0) is 51.0 Å². The van der Waals surface area contributed by atoms with Crippen LogP contribution in [0, 0.1) is 11.3 Å². The van der Waals surface area contributed by atoms with Crippen LogP contribution in [-0.2, 0) is 4.74 Å². The van der Waals surface area contributed by atoms with Crippen molar-refractivity contribution in [3.05, 3.63) is 0 Å². The van der Waals surface area contributed by atoms with Gasteiger partial charge < -0.3 is 10.5 Å². The first-order valence-corrected chi connectivity index (χ1v) is 7.85. The molecule has 0 aromatic heterocycles. The normalized spacial score (nSPS) is 28.9. The quantitative estimate of drug-likeness (QED) is 0.754. The fourth-order valence-electron chi connectivity index (χ4n) is 3.35. The Morgan fingerprint density at radius 3 is 2.26 bits per heavy atom. The first-order chi connectivity index (χ1) is 8.85. The Labute approximate surface area is 119 Å². The van der Waals surface area contributed by atoms with Gasteiger partial charge in [0.2, 0.25) is 0 Å². The Kier molecular flexibility index (Phi) is 6.28. The van der Waals surface area contributed by atoms with E-state index in [1.807, 2.05) is 6.92 Å². The van der Waals surface area contributed by atoms with Crippen molar-refractivity contribution >= 4 is 0 Å². The lowest BCUT2D eigenvalue weighted by Gasteiger charge is -2.48. The smallest absolute Gasteiger partial charge is 0.0593 e. The highest BCUT2D eigenvalue weighted by Gasteiger charge is 2.40. The van der Waals surface area contributed by atoms with Gasteiger partial charge in [0.1, 0.15) is 0 Å². The maximum absolute atomic E-state index is 6.12. The van der Waals surface area contributed by atoms with E-state index in [1.54, 1.807) is 0 Å². The molecule has 0 unspecified atom stereocenters. The van der Waals surface area contributed by atoms with E-state index < -0.39 is 0 Å². The number of hydrogen-bond acceptors (Lipinski definition) is 3. The van der Waals surface area contributed by atoms with Gasteiger partial charge in [-0.3, -0.25) is 4.90 Å². The fourth-order valence-corrected chi connectivity index (χ4v) is 3.35. The number of likely N-dealkylation sites (N-methyl/N-ethyl adjacent to an activating group) is 1. The molecule has 1 aliphatic rings. The van der Waals surface area contributed by atoms with E-state index in [4.69, 9.17) is 10.5 Å². The second-order valence-corrected chi connectivity index (χ2v) is 7.19. The summed E-state index contributed by atoms with van der Waals surface area (Å²) in [5.74, 6) is 0.840. The molecule has 0 saturated heterocycles. The van der Waals surface area contributed by atoms with Gasteiger partial charge in [-0.1, -0.05) is 20.8 Å². The number of nitrogens with zero attached hydrogens (tertiary/aromatic N) is 1. The third-order valence-corrected chi connectivity index (χ3v) is 5.11. The Morgan fingerprint density at radius 2 is 1.84 bits per heavy atom. The highest BCUT2D eigenvalue weighted by Crippen LogP contribution is 2.42. The standard InChI is InChI=1S/C16H34N2O/c1-6-19-12-11-18(5)16(13-17)9-7-14(8-10-16)15(2,3)4/h14H,6-13,17H2,1-5H3. The summed E-state index contributed by atoms with van der Waals surface area (Å²) in [5, 5.41) is 0. The first kappa shape index (κ1) is 16.9. The maximum atomic E-state index is 6.12. The van der Waals surface area contributed by atoms with E-state index in [1.165, 1.54) is 25.7 Å². The molecular weight excluding hydrogens is 236 g/mol. The topological polar surface area (TPSA) is 38.5 Å². The molecule has 0 aliphatic heterocycles. The average molecular weight is 270 g/mol. The lowest BCUT2D eigenvalue weighted by atomic mass is 9.67. The third-order valence-electron chi connectivity index (χ3n) is 5.11. The predicted molar refractivity (Wildman–Crippen MR) is 82.3 cm³/mol. The van der Waals surface area contributed by atoms with Crippen molar-refractivity contribution in [2.24, 2.45) is 17.1 Å². The minimum Gasteiger partial charge on any atom is -0.380 e. The van der Waals surface area contributed by atoms with Crippen LogP contribution in [0.3, 0.4) is 0 Å². The van der Waals surface area contributed by atoms with Gasteiger partial charge in [-0.15, -0.1) is 0 Å². The molecular formula is C16H34N2O. The fraction of sp³-hybridized carbons (Fsp3) is 1.00. The monoisotopic (exact) mass is 270 g/mol. The minimum absolute atomic E-state index is 0.207. The van der Waals surface area contributed by atoms with Crippen molar-refractivity contribution in [2.45, 2.75) is 58.9 Å². The number of rotatable bonds is 6. The molecule has 3 nitrogen and oxygen atoms in total. The molecule has 1 saturated carbocycles. The van der Waals surface area contributed by atoms with Crippen LogP contribution >= 0.6 is 0 Å². The van der Waals surface area contributed by atoms with Crippen molar-refractivity contribution in [2.75, 3.05) is 33.4 Å². The molecule has 19 heavy (non-hydrogen) atoms. The predicted octanol–water partition coefficient (Wildman–Crippen LogP) is 2.89. The largest absolute Gasteiger partial charge is 0.380 e. The Hall–Kier alpha value is -0.120. The zero-order valence-corrected chi connectivity index (χ0v) is 13.7. The Balaban J connectivity index is 2.54. The highest BCUT2D eigenvalue weighted by molar-refractivity contribution is 4.96. The Bertz CT molecular complexity index is 252. The van der Waals surface area contributed by atoms with Gasteiger partial charge in [0.05, 0.1) is 6.61 Å². The van der Waals surface area contributed by atoms with E-state index in [-0.39, 0.29) is 5.54 Å². The number of ether oxygens (including phenoxy) is 1. The van der Waals surface area contributed by atoms with Gasteiger partial charge in [0.15, 0.2) is 0 Å². The summed E-state index contributed by atoms with van der Waals surface area (Å²) in [6, 6.07) is 0. The van der Waals surface area contributed by atoms with Crippen LogP contribution in [0.25, 0.3) is 0 Å². The summed E-state index contributed by atoms with van der Waals surface area (Å²) >= 11 is 0. The van der Waals surface area contributed by atoms with E-state index in [0.717, 1.165) is 32.2 Å². The van der Waals surface area contributed by atoms with E-state index in [9.17, 15) is 0 Å². The first-order valence-electron chi connectivity index (χ1n) is 7.85. The van der Waals surface area contributed by atoms with Crippen molar-refractivity contribution in [3.8, 4) is 0 Å². The van der Waals surface area contributed by atoms with Crippen molar-refractivity contribution < 1.29 is 4.74 Å². The van der Waals surface area contributed by atoms with Crippen LogP contribution in [0.2, 0.25) is 0 Å². The van der Waals surface area contributed by atoms with Crippen LogP contribution in [0.15, 0.2) is 0 Å². The summed E-state index contributed by atoms with van der Waals surface area (Å²) < 4.78 is 5.48. The summed E-state index contributed by atoms with van der Waals surface area (Å²) in [5.41, 5.74) is 6.76. The van der Waals surface area contributed by atoms with Gasteiger partial charge in [-0.2, -0.15) is 0 Å². The summed E-state index contributed by atoms with van der Waals surface area (Å²) in [7, 11) is 2.21. The van der Waals surface area contributed by atoms with Crippen LogP contribution in [0.5, 0.6) is 0 Å². The summed E-state index contributed by atoms with van der Waals surface area (Å²) in [6.07, 6.45) is 5.07. The van der Waals surface area contributed by atoms with Crippen molar-refractivity contribution in [1.29, 1.82) is 0 Å². The van der Waals surface area contributed by atoms with Crippen LogP contribution < -0.4 is 5.73 Å². The summed E-state index contributed by atoms with van der Waals surface area (Å²) in [6.45, 7) is 12.5.